The van der Waals surface area contributed by atoms with Gasteiger partial charge in [-0.1, -0.05) is 12.1 Å². The molecule has 1 aromatic rings. The molecule has 2 aliphatic rings. The second kappa shape index (κ2) is 7.17. The van der Waals surface area contributed by atoms with Crippen LogP contribution in [0.3, 0.4) is 0 Å². The van der Waals surface area contributed by atoms with Crippen molar-refractivity contribution >= 4 is 11.7 Å². The number of hydrogen-bond donors (Lipinski definition) is 2. The molecule has 2 amide bonds. The van der Waals surface area contributed by atoms with Crippen LogP contribution >= 0.6 is 0 Å². The van der Waals surface area contributed by atoms with E-state index in [1.165, 1.54) is 6.07 Å². The molecule has 2 N–H and O–H groups in total. The van der Waals surface area contributed by atoms with Gasteiger partial charge in [0.1, 0.15) is 5.82 Å². The Hall–Kier alpha value is -1.82. The number of carbonyl (C=O) groups is 1. The van der Waals surface area contributed by atoms with Crippen molar-refractivity contribution in [2.24, 2.45) is 0 Å². The molecule has 23 heavy (non-hydrogen) atoms. The van der Waals surface area contributed by atoms with Gasteiger partial charge in [0.15, 0.2) is 0 Å². The highest BCUT2D eigenvalue weighted by Crippen LogP contribution is 2.23. The summed E-state index contributed by atoms with van der Waals surface area (Å²) < 4.78 is 13.9. The zero-order chi connectivity index (χ0) is 16.2. The number of aliphatic hydroxyl groups is 1. The number of urea groups is 1. The largest absolute Gasteiger partial charge is 0.394 e. The van der Waals surface area contributed by atoms with Crippen LogP contribution in [0.15, 0.2) is 24.3 Å². The number of nitrogens with zero attached hydrogens (tertiary/aromatic N) is 2. The number of carbonyl (C=O) groups excluding carboxylic acids is 1. The predicted molar refractivity (Wildman–Crippen MR) is 87.0 cm³/mol. The van der Waals surface area contributed by atoms with Gasteiger partial charge < -0.3 is 20.2 Å². The average molecular weight is 321 g/mol. The minimum absolute atomic E-state index is 0.01000. The van der Waals surface area contributed by atoms with Crippen molar-refractivity contribution in [3.8, 4) is 0 Å². The molecule has 0 aromatic heterocycles. The maximum absolute atomic E-state index is 13.9. The van der Waals surface area contributed by atoms with E-state index in [1.54, 1.807) is 17.0 Å². The first-order chi connectivity index (χ1) is 11.2. The van der Waals surface area contributed by atoms with Crippen molar-refractivity contribution in [2.75, 3.05) is 31.1 Å². The second-order valence-corrected chi connectivity index (χ2v) is 6.36. The molecular formula is C17H24FN3O2. The van der Waals surface area contributed by atoms with Gasteiger partial charge in [0.05, 0.1) is 18.3 Å². The molecule has 0 radical (unpaired) electrons. The monoisotopic (exact) mass is 321 g/mol. The molecule has 0 aliphatic carbocycles. The summed E-state index contributed by atoms with van der Waals surface area (Å²) in [4.78, 5) is 16.1. The Kier molecular flexibility index (Phi) is 5.00. The summed E-state index contributed by atoms with van der Waals surface area (Å²) >= 11 is 0. The average Bonchev–Trinajstić information content (AvgIpc) is 3.04. The molecule has 0 bridgehead atoms. The fourth-order valence-corrected chi connectivity index (χ4v) is 3.57. The topological polar surface area (TPSA) is 55.8 Å². The first-order valence-corrected chi connectivity index (χ1v) is 8.36. The molecule has 5 nitrogen and oxygen atoms in total. The number of rotatable bonds is 3. The molecule has 0 saturated carbocycles. The Morgan fingerprint density at radius 3 is 2.83 bits per heavy atom. The Morgan fingerprint density at radius 2 is 2.04 bits per heavy atom. The maximum Gasteiger partial charge on any atom is 0.318 e. The highest BCUT2D eigenvalue weighted by Gasteiger charge is 2.30. The number of halogens is 1. The molecule has 126 valence electrons. The Morgan fingerprint density at radius 1 is 1.26 bits per heavy atom. The van der Waals surface area contributed by atoms with Crippen LogP contribution in [0.2, 0.25) is 0 Å². The lowest BCUT2D eigenvalue weighted by atomic mass is 10.0. The standard InChI is InChI=1S/C17H24FN3O2/c18-15-7-1-2-8-16(15)20-9-3-5-13(11-20)19-17(23)21-10-4-6-14(21)12-22/h1-2,7-8,13-14,22H,3-6,9-12H2,(H,19,23)/t13?,14-/m1/s1. The Bertz CT molecular complexity index is 554. The highest BCUT2D eigenvalue weighted by atomic mass is 19.1. The highest BCUT2D eigenvalue weighted by molar-refractivity contribution is 5.75. The Labute approximate surface area is 136 Å². The summed E-state index contributed by atoms with van der Waals surface area (Å²) in [6.07, 6.45) is 3.61. The van der Waals surface area contributed by atoms with E-state index in [-0.39, 0.29) is 30.5 Å². The number of likely N-dealkylation sites (tertiary alicyclic amines) is 1. The van der Waals surface area contributed by atoms with Gasteiger partial charge >= 0.3 is 6.03 Å². The van der Waals surface area contributed by atoms with Crippen LogP contribution in [0, 0.1) is 5.82 Å². The Balaban J connectivity index is 1.61. The second-order valence-electron chi connectivity index (χ2n) is 6.36. The van der Waals surface area contributed by atoms with Gasteiger partial charge in [-0.15, -0.1) is 0 Å². The minimum atomic E-state index is -0.223. The van der Waals surface area contributed by atoms with Crippen LogP contribution in [0.4, 0.5) is 14.9 Å². The van der Waals surface area contributed by atoms with Crippen LogP contribution < -0.4 is 10.2 Å². The molecular weight excluding hydrogens is 297 g/mol. The fourth-order valence-electron chi connectivity index (χ4n) is 3.57. The molecule has 1 aromatic carbocycles. The van der Waals surface area contributed by atoms with Crippen LogP contribution in [0.25, 0.3) is 0 Å². The van der Waals surface area contributed by atoms with E-state index < -0.39 is 0 Å². The van der Waals surface area contributed by atoms with Gasteiger partial charge in [0.2, 0.25) is 0 Å². The van der Waals surface area contributed by atoms with Crippen LogP contribution in [0.5, 0.6) is 0 Å². The van der Waals surface area contributed by atoms with E-state index in [4.69, 9.17) is 0 Å². The number of hydrogen-bond acceptors (Lipinski definition) is 3. The van der Waals surface area contributed by atoms with E-state index in [0.717, 1.165) is 32.2 Å². The van der Waals surface area contributed by atoms with E-state index in [1.807, 2.05) is 11.0 Å². The molecule has 2 heterocycles. The first kappa shape index (κ1) is 16.1. The zero-order valence-electron chi connectivity index (χ0n) is 13.2. The van der Waals surface area contributed by atoms with Crippen LogP contribution in [-0.4, -0.2) is 54.4 Å². The van der Waals surface area contributed by atoms with Crippen molar-refractivity contribution in [1.82, 2.24) is 10.2 Å². The van der Waals surface area contributed by atoms with E-state index in [0.29, 0.717) is 18.8 Å². The maximum atomic E-state index is 13.9. The molecule has 2 fully saturated rings. The van der Waals surface area contributed by atoms with Gasteiger partial charge in [-0.2, -0.15) is 0 Å². The van der Waals surface area contributed by atoms with Gasteiger partial charge in [-0.3, -0.25) is 0 Å². The third kappa shape index (κ3) is 3.58. The minimum Gasteiger partial charge on any atom is -0.394 e. The lowest BCUT2D eigenvalue weighted by Crippen LogP contribution is -2.53. The molecule has 2 aliphatic heterocycles. The molecule has 0 spiro atoms. The summed E-state index contributed by atoms with van der Waals surface area (Å²) in [6.45, 7) is 2.13. The smallest absolute Gasteiger partial charge is 0.318 e. The number of para-hydroxylation sites is 1. The SMILES string of the molecule is O=C(NC1CCCN(c2ccccc2F)C1)N1CCC[C@@H]1CO. The molecule has 3 rings (SSSR count). The molecule has 6 heteroatoms. The summed E-state index contributed by atoms with van der Waals surface area (Å²) in [5, 5.41) is 12.4. The number of benzene rings is 1. The van der Waals surface area contributed by atoms with Crippen molar-refractivity contribution in [3.63, 3.8) is 0 Å². The summed E-state index contributed by atoms with van der Waals surface area (Å²) in [7, 11) is 0. The number of nitrogens with one attached hydrogen (secondary N) is 1. The molecule has 2 atom stereocenters. The normalized spacial score (nSPS) is 24.8. The fraction of sp³-hybridized carbons (Fsp3) is 0.588. The number of aliphatic hydroxyl groups excluding tert-OH is 1. The summed E-state index contributed by atoms with van der Waals surface area (Å²) in [5.74, 6) is -0.223. The van der Waals surface area contributed by atoms with Crippen molar-refractivity contribution < 1.29 is 14.3 Å². The van der Waals surface area contributed by atoms with E-state index in [2.05, 4.69) is 5.32 Å². The lowest BCUT2D eigenvalue weighted by molar-refractivity contribution is 0.153. The van der Waals surface area contributed by atoms with Gasteiger partial charge in [-0.05, 0) is 37.8 Å². The van der Waals surface area contributed by atoms with Gasteiger partial charge in [-0.25, -0.2) is 9.18 Å². The quantitative estimate of drug-likeness (QED) is 0.895. The zero-order valence-corrected chi connectivity index (χ0v) is 13.2. The van der Waals surface area contributed by atoms with Crippen molar-refractivity contribution in [2.45, 2.75) is 37.8 Å². The molecule has 1 unspecified atom stereocenters. The van der Waals surface area contributed by atoms with Crippen LogP contribution in [-0.2, 0) is 0 Å². The predicted octanol–water partition coefficient (Wildman–Crippen LogP) is 1.96. The van der Waals surface area contributed by atoms with Crippen molar-refractivity contribution in [3.05, 3.63) is 30.1 Å². The number of piperidine rings is 1. The molecule has 2 saturated heterocycles. The third-order valence-corrected chi connectivity index (χ3v) is 4.79. The number of amides is 2. The van der Waals surface area contributed by atoms with Crippen molar-refractivity contribution in [1.29, 1.82) is 0 Å². The first-order valence-electron chi connectivity index (χ1n) is 8.36. The summed E-state index contributed by atoms with van der Waals surface area (Å²) in [5.41, 5.74) is 0.598. The van der Waals surface area contributed by atoms with Crippen LogP contribution in [0.1, 0.15) is 25.7 Å². The summed E-state index contributed by atoms with van der Waals surface area (Å²) in [6, 6.07) is 6.59. The lowest BCUT2D eigenvalue weighted by Gasteiger charge is -2.36. The van der Waals surface area contributed by atoms with Gasteiger partial charge in [0, 0.05) is 25.7 Å². The van der Waals surface area contributed by atoms with E-state index >= 15 is 0 Å². The van der Waals surface area contributed by atoms with Gasteiger partial charge in [0.25, 0.3) is 0 Å². The third-order valence-electron chi connectivity index (χ3n) is 4.79. The number of anilines is 1. The van der Waals surface area contributed by atoms with E-state index in [9.17, 15) is 14.3 Å².